The van der Waals surface area contributed by atoms with E-state index in [0.29, 0.717) is 0 Å². The number of H-pyrrole nitrogens is 1. The second kappa shape index (κ2) is 3.20. The Morgan fingerprint density at radius 3 is 2.88 bits per heavy atom. The first kappa shape index (κ1) is 9.15. The van der Waals surface area contributed by atoms with Gasteiger partial charge in [0.15, 0.2) is 0 Å². The van der Waals surface area contributed by atoms with Crippen LogP contribution in [0.15, 0.2) is 29.1 Å². The summed E-state index contributed by atoms with van der Waals surface area (Å²) in [6.45, 7) is 3.97. The monoisotopic (exact) mass is 213 g/mol. The van der Waals surface area contributed by atoms with Gasteiger partial charge in [0.05, 0.1) is 17.0 Å². The zero-order valence-electron chi connectivity index (χ0n) is 9.11. The topological polar surface area (TPSA) is 54.7 Å². The number of fused-ring (bicyclic) bond motifs is 1. The molecule has 4 heteroatoms. The molecule has 0 fully saturated rings. The zero-order valence-corrected chi connectivity index (χ0v) is 9.11. The van der Waals surface area contributed by atoms with E-state index in [-0.39, 0.29) is 0 Å². The standard InChI is InChI=1S/C12H11N3O/c1-7-5-13-12-9(7)3-4-11(14-12)10-6-16-15-8(10)2/h3-6H,1-2H3,(H,13,14). The minimum absolute atomic E-state index is 0.857. The highest BCUT2D eigenvalue weighted by molar-refractivity contribution is 5.82. The van der Waals surface area contributed by atoms with E-state index < -0.39 is 0 Å². The predicted octanol–water partition coefficient (Wildman–Crippen LogP) is 2.83. The number of nitrogens with zero attached hydrogens (tertiary/aromatic N) is 2. The molecule has 0 aliphatic heterocycles. The lowest BCUT2D eigenvalue weighted by molar-refractivity contribution is 0.415. The summed E-state index contributed by atoms with van der Waals surface area (Å²) in [5.74, 6) is 0. The van der Waals surface area contributed by atoms with Gasteiger partial charge in [-0.05, 0) is 31.5 Å². The van der Waals surface area contributed by atoms with E-state index in [0.717, 1.165) is 28.0 Å². The van der Waals surface area contributed by atoms with Crippen LogP contribution >= 0.6 is 0 Å². The second-order valence-electron chi connectivity index (χ2n) is 3.88. The minimum atomic E-state index is 0.857. The molecular formula is C12H11N3O. The Hall–Kier alpha value is -2.10. The number of hydrogen-bond acceptors (Lipinski definition) is 3. The molecule has 0 bridgehead atoms. The van der Waals surface area contributed by atoms with Gasteiger partial charge in [-0.2, -0.15) is 0 Å². The minimum Gasteiger partial charge on any atom is -0.364 e. The smallest absolute Gasteiger partial charge is 0.138 e. The van der Waals surface area contributed by atoms with Crippen molar-refractivity contribution in [3.05, 3.63) is 35.9 Å². The van der Waals surface area contributed by atoms with E-state index in [1.165, 1.54) is 5.56 Å². The van der Waals surface area contributed by atoms with Crippen LogP contribution < -0.4 is 0 Å². The maximum atomic E-state index is 4.92. The van der Waals surface area contributed by atoms with Crippen LogP contribution in [-0.2, 0) is 0 Å². The van der Waals surface area contributed by atoms with Crippen molar-refractivity contribution in [3.8, 4) is 11.3 Å². The second-order valence-corrected chi connectivity index (χ2v) is 3.88. The van der Waals surface area contributed by atoms with Crippen LogP contribution in [0.2, 0.25) is 0 Å². The van der Waals surface area contributed by atoms with Crippen molar-refractivity contribution < 1.29 is 4.52 Å². The summed E-state index contributed by atoms with van der Waals surface area (Å²) in [6.07, 6.45) is 3.58. The molecule has 3 aromatic heterocycles. The molecule has 16 heavy (non-hydrogen) atoms. The van der Waals surface area contributed by atoms with Crippen LogP contribution in [0.5, 0.6) is 0 Å². The van der Waals surface area contributed by atoms with Crippen molar-refractivity contribution in [3.63, 3.8) is 0 Å². The van der Waals surface area contributed by atoms with Gasteiger partial charge in [0.2, 0.25) is 0 Å². The fourth-order valence-corrected chi connectivity index (χ4v) is 1.83. The molecule has 80 valence electrons. The van der Waals surface area contributed by atoms with E-state index >= 15 is 0 Å². The summed E-state index contributed by atoms with van der Waals surface area (Å²) in [6, 6.07) is 4.05. The summed E-state index contributed by atoms with van der Waals surface area (Å²) in [4.78, 5) is 7.69. The molecule has 0 unspecified atom stereocenters. The van der Waals surface area contributed by atoms with Gasteiger partial charge < -0.3 is 9.51 Å². The molecule has 4 nitrogen and oxygen atoms in total. The molecule has 0 aromatic carbocycles. The molecule has 0 radical (unpaired) electrons. The van der Waals surface area contributed by atoms with Crippen molar-refractivity contribution in [2.24, 2.45) is 0 Å². The first-order valence-corrected chi connectivity index (χ1v) is 5.12. The lowest BCUT2D eigenvalue weighted by atomic mass is 10.1. The number of aryl methyl sites for hydroxylation is 2. The molecule has 1 N–H and O–H groups in total. The summed E-state index contributed by atoms with van der Waals surface area (Å²) in [5.41, 5.74) is 4.78. The maximum absolute atomic E-state index is 4.92. The summed E-state index contributed by atoms with van der Waals surface area (Å²) >= 11 is 0. The van der Waals surface area contributed by atoms with Crippen molar-refractivity contribution in [1.29, 1.82) is 0 Å². The third-order valence-corrected chi connectivity index (χ3v) is 2.77. The van der Waals surface area contributed by atoms with Crippen molar-refractivity contribution in [2.45, 2.75) is 13.8 Å². The molecule has 0 saturated carbocycles. The fourth-order valence-electron chi connectivity index (χ4n) is 1.83. The van der Waals surface area contributed by atoms with Gasteiger partial charge in [0.25, 0.3) is 0 Å². The Morgan fingerprint density at radius 2 is 2.12 bits per heavy atom. The van der Waals surface area contributed by atoms with E-state index in [1.54, 1.807) is 6.26 Å². The number of rotatable bonds is 1. The number of pyridine rings is 1. The molecule has 0 aliphatic carbocycles. The highest BCUT2D eigenvalue weighted by atomic mass is 16.5. The average Bonchev–Trinajstić information content (AvgIpc) is 2.86. The number of aromatic nitrogens is 3. The molecule has 0 spiro atoms. The first-order chi connectivity index (χ1) is 7.75. The Morgan fingerprint density at radius 1 is 1.25 bits per heavy atom. The van der Waals surface area contributed by atoms with Gasteiger partial charge in [-0.15, -0.1) is 0 Å². The van der Waals surface area contributed by atoms with Crippen LogP contribution in [0.25, 0.3) is 22.3 Å². The highest BCUT2D eigenvalue weighted by Crippen LogP contribution is 2.24. The average molecular weight is 213 g/mol. The van der Waals surface area contributed by atoms with Crippen LogP contribution in [0.3, 0.4) is 0 Å². The molecule has 3 heterocycles. The summed E-state index contributed by atoms with van der Waals surface area (Å²) in [7, 11) is 0. The molecule has 0 amide bonds. The molecule has 0 aliphatic rings. The molecule has 0 atom stereocenters. The van der Waals surface area contributed by atoms with Gasteiger partial charge in [-0.25, -0.2) is 4.98 Å². The number of hydrogen-bond donors (Lipinski definition) is 1. The highest BCUT2D eigenvalue weighted by Gasteiger charge is 2.09. The SMILES string of the molecule is Cc1nocc1-c1ccc2c(C)c[nH]c2n1. The lowest BCUT2D eigenvalue weighted by Gasteiger charge is -1.97. The van der Waals surface area contributed by atoms with Crippen LogP contribution in [0.4, 0.5) is 0 Å². The van der Waals surface area contributed by atoms with E-state index in [9.17, 15) is 0 Å². The van der Waals surface area contributed by atoms with Gasteiger partial charge in [0.1, 0.15) is 11.9 Å². The predicted molar refractivity (Wildman–Crippen MR) is 61.1 cm³/mol. The Labute approximate surface area is 92.3 Å². The van der Waals surface area contributed by atoms with Crippen LogP contribution in [0, 0.1) is 13.8 Å². The maximum Gasteiger partial charge on any atom is 0.138 e. The van der Waals surface area contributed by atoms with Crippen molar-refractivity contribution in [2.75, 3.05) is 0 Å². The van der Waals surface area contributed by atoms with Crippen molar-refractivity contribution in [1.82, 2.24) is 15.1 Å². The molecule has 3 aromatic rings. The van der Waals surface area contributed by atoms with Gasteiger partial charge in [-0.3, -0.25) is 0 Å². The largest absolute Gasteiger partial charge is 0.364 e. The molecular weight excluding hydrogens is 202 g/mol. The lowest BCUT2D eigenvalue weighted by Crippen LogP contribution is -1.85. The van der Waals surface area contributed by atoms with E-state index in [2.05, 4.69) is 28.1 Å². The normalized spacial score (nSPS) is 11.1. The van der Waals surface area contributed by atoms with Gasteiger partial charge in [0, 0.05) is 11.6 Å². The summed E-state index contributed by atoms with van der Waals surface area (Å²) < 4.78 is 4.92. The molecule has 0 saturated heterocycles. The van der Waals surface area contributed by atoms with Crippen LogP contribution in [0.1, 0.15) is 11.3 Å². The number of nitrogens with one attached hydrogen (secondary N) is 1. The zero-order chi connectivity index (χ0) is 11.1. The third-order valence-electron chi connectivity index (χ3n) is 2.77. The van der Waals surface area contributed by atoms with E-state index in [1.807, 2.05) is 19.2 Å². The Bertz CT molecular complexity index is 651. The van der Waals surface area contributed by atoms with Gasteiger partial charge in [-0.1, -0.05) is 5.16 Å². The Kier molecular flexibility index (Phi) is 1.83. The number of aromatic amines is 1. The third kappa shape index (κ3) is 1.23. The van der Waals surface area contributed by atoms with E-state index in [4.69, 9.17) is 4.52 Å². The molecule has 3 rings (SSSR count). The van der Waals surface area contributed by atoms with Gasteiger partial charge >= 0.3 is 0 Å². The van der Waals surface area contributed by atoms with Crippen LogP contribution in [-0.4, -0.2) is 15.1 Å². The fraction of sp³-hybridized carbons (Fsp3) is 0.167. The summed E-state index contributed by atoms with van der Waals surface area (Å²) in [5, 5.41) is 5.00. The Balaban J connectivity index is 2.23. The van der Waals surface area contributed by atoms with Crippen molar-refractivity contribution >= 4 is 11.0 Å². The quantitative estimate of drug-likeness (QED) is 0.676. The first-order valence-electron chi connectivity index (χ1n) is 5.12.